The zero-order valence-electron chi connectivity index (χ0n) is 12.5. The molecule has 0 fully saturated rings. The van der Waals surface area contributed by atoms with E-state index in [-0.39, 0.29) is 5.54 Å². The Balaban J connectivity index is 2.51. The maximum absolute atomic E-state index is 5.94. The summed E-state index contributed by atoms with van der Waals surface area (Å²) in [6.45, 7) is 5.40. The van der Waals surface area contributed by atoms with Gasteiger partial charge in [0.1, 0.15) is 5.82 Å². The van der Waals surface area contributed by atoms with Crippen LogP contribution in [0.15, 0.2) is 18.2 Å². The highest BCUT2D eigenvalue weighted by molar-refractivity contribution is 14.1. The fourth-order valence-electron chi connectivity index (χ4n) is 2.13. The smallest absolute Gasteiger partial charge is 0.111 e. The van der Waals surface area contributed by atoms with Crippen LogP contribution in [0.5, 0.6) is 0 Å². The van der Waals surface area contributed by atoms with Crippen LogP contribution in [0.4, 0.5) is 0 Å². The second-order valence-corrected chi connectivity index (χ2v) is 7.52. The third-order valence-corrected chi connectivity index (χ3v) is 4.72. The molecular weight excluding hydrogens is 385 g/mol. The van der Waals surface area contributed by atoms with Gasteiger partial charge in [0.25, 0.3) is 0 Å². The number of aromatic nitrogens is 2. The van der Waals surface area contributed by atoms with Gasteiger partial charge >= 0.3 is 0 Å². The first kappa shape index (κ1) is 16.0. The van der Waals surface area contributed by atoms with Crippen molar-refractivity contribution < 1.29 is 0 Å². The predicted molar refractivity (Wildman–Crippen MR) is 94.6 cm³/mol. The lowest BCUT2D eigenvalue weighted by molar-refractivity contribution is 0.170. The highest BCUT2D eigenvalue weighted by Crippen LogP contribution is 2.23. The van der Waals surface area contributed by atoms with E-state index in [9.17, 15) is 0 Å². The fourth-order valence-corrected chi connectivity index (χ4v) is 2.78. The van der Waals surface area contributed by atoms with Crippen molar-refractivity contribution in [1.29, 1.82) is 0 Å². The van der Waals surface area contributed by atoms with Gasteiger partial charge in [0.05, 0.1) is 11.0 Å². The molecule has 0 aliphatic rings. The number of hydrogen-bond acceptors (Lipinski definition) is 2. The molecule has 0 bridgehead atoms. The Morgan fingerprint density at radius 3 is 2.65 bits per heavy atom. The lowest BCUT2D eigenvalue weighted by Gasteiger charge is -2.33. The first-order chi connectivity index (χ1) is 9.35. The summed E-state index contributed by atoms with van der Waals surface area (Å²) in [6, 6.07) is 6.43. The average molecular weight is 406 g/mol. The monoisotopic (exact) mass is 405 g/mol. The number of hydrogen-bond donors (Lipinski definition) is 0. The number of likely N-dealkylation sites (N-methyl/N-ethyl adjacent to an activating group) is 1. The zero-order chi connectivity index (χ0) is 14.9. The van der Waals surface area contributed by atoms with Gasteiger partial charge in [-0.15, -0.1) is 11.6 Å². The third-order valence-electron chi connectivity index (χ3n) is 3.86. The van der Waals surface area contributed by atoms with Crippen LogP contribution in [0, 0.1) is 3.57 Å². The van der Waals surface area contributed by atoms with Gasteiger partial charge in [0.15, 0.2) is 0 Å². The summed E-state index contributed by atoms with van der Waals surface area (Å²) in [5.41, 5.74) is 2.32. The molecule has 0 unspecified atom stereocenters. The van der Waals surface area contributed by atoms with E-state index in [2.05, 4.69) is 78.2 Å². The Morgan fingerprint density at radius 1 is 1.35 bits per heavy atom. The molecule has 0 N–H and O–H groups in total. The predicted octanol–water partition coefficient (Wildman–Crippen LogP) is 3.76. The lowest BCUT2D eigenvalue weighted by Crippen LogP contribution is -2.42. The second-order valence-electron chi connectivity index (χ2n) is 5.89. The molecule has 20 heavy (non-hydrogen) atoms. The molecule has 0 spiro atoms. The Hall–Kier alpha value is -0.330. The molecule has 0 radical (unpaired) electrons. The highest BCUT2D eigenvalue weighted by atomic mass is 127. The fraction of sp³-hybridized carbons (Fsp3) is 0.533. The molecule has 0 saturated carbocycles. The zero-order valence-corrected chi connectivity index (χ0v) is 15.4. The topological polar surface area (TPSA) is 21.1 Å². The van der Waals surface area contributed by atoms with Crippen LogP contribution < -0.4 is 0 Å². The molecule has 110 valence electrons. The second kappa shape index (κ2) is 6.20. The van der Waals surface area contributed by atoms with Crippen LogP contribution in [-0.4, -0.2) is 40.0 Å². The van der Waals surface area contributed by atoms with Crippen LogP contribution in [0.25, 0.3) is 11.0 Å². The van der Waals surface area contributed by atoms with Gasteiger partial charge in [-0.3, -0.25) is 0 Å². The van der Waals surface area contributed by atoms with Gasteiger partial charge in [-0.05, 0) is 68.7 Å². The minimum atomic E-state index is 0.0672. The first-order valence-corrected chi connectivity index (χ1v) is 8.34. The maximum atomic E-state index is 5.94. The average Bonchev–Trinajstić information content (AvgIpc) is 2.66. The van der Waals surface area contributed by atoms with E-state index in [1.54, 1.807) is 0 Å². The van der Waals surface area contributed by atoms with E-state index < -0.39 is 0 Å². The Labute approximate surface area is 139 Å². The quantitative estimate of drug-likeness (QED) is 0.558. The highest BCUT2D eigenvalue weighted by Gasteiger charge is 2.23. The Kier molecular flexibility index (Phi) is 4.97. The largest absolute Gasteiger partial charge is 0.326 e. The van der Waals surface area contributed by atoms with E-state index in [4.69, 9.17) is 16.6 Å². The summed E-state index contributed by atoms with van der Waals surface area (Å²) in [5.74, 6) is 1.68. The van der Waals surface area contributed by atoms with E-state index in [1.807, 2.05) is 0 Å². The van der Waals surface area contributed by atoms with Crippen LogP contribution >= 0.6 is 34.2 Å². The summed E-state index contributed by atoms with van der Waals surface area (Å²) in [5, 5.41) is 0. The molecule has 0 saturated heterocycles. The van der Waals surface area contributed by atoms with Crippen molar-refractivity contribution in [3.8, 4) is 0 Å². The Bertz CT molecular complexity index is 604. The van der Waals surface area contributed by atoms with Crippen LogP contribution in [0.3, 0.4) is 0 Å². The Morgan fingerprint density at radius 2 is 2.05 bits per heavy atom. The van der Waals surface area contributed by atoms with E-state index in [1.165, 1.54) is 9.09 Å². The molecule has 0 amide bonds. The van der Waals surface area contributed by atoms with Crippen molar-refractivity contribution >= 4 is 45.2 Å². The molecule has 2 rings (SSSR count). The maximum Gasteiger partial charge on any atom is 0.111 e. The van der Waals surface area contributed by atoms with Gasteiger partial charge < -0.3 is 9.47 Å². The molecule has 1 aromatic carbocycles. The molecule has 1 aromatic heterocycles. The minimum absolute atomic E-state index is 0.0672. The van der Waals surface area contributed by atoms with Crippen LogP contribution in [0.1, 0.15) is 19.7 Å². The van der Waals surface area contributed by atoms with Crippen molar-refractivity contribution in [1.82, 2.24) is 14.5 Å². The van der Waals surface area contributed by atoms with Crippen molar-refractivity contribution in [3.63, 3.8) is 0 Å². The molecule has 0 atom stereocenters. The third kappa shape index (κ3) is 3.28. The normalized spacial score (nSPS) is 12.6. The van der Waals surface area contributed by atoms with Crippen molar-refractivity contribution in [2.24, 2.45) is 0 Å². The van der Waals surface area contributed by atoms with Crippen molar-refractivity contribution in [2.75, 3.05) is 20.0 Å². The molecule has 5 heteroatoms. The number of alkyl halides is 1. The van der Waals surface area contributed by atoms with Crippen LogP contribution in [-0.2, 0) is 13.0 Å². The first-order valence-electron chi connectivity index (χ1n) is 6.73. The summed E-state index contributed by atoms with van der Waals surface area (Å²) >= 11 is 8.26. The van der Waals surface area contributed by atoms with Gasteiger partial charge in [-0.1, -0.05) is 0 Å². The number of halogens is 2. The summed E-state index contributed by atoms with van der Waals surface area (Å²) in [7, 11) is 4.23. The minimum Gasteiger partial charge on any atom is -0.326 e. The number of nitrogens with zero attached hydrogens (tertiary/aromatic N) is 3. The summed E-state index contributed by atoms with van der Waals surface area (Å²) in [6.07, 6.45) is 0.802. The molecular formula is C15H21ClIN3. The number of aryl methyl sites for hydroxylation is 1. The number of imidazole rings is 1. The van der Waals surface area contributed by atoms with Gasteiger partial charge in [0, 0.05) is 28.0 Å². The standard InChI is InChI=1S/C15H21ClIN3/c1-15(2,19(3)4)10-20-13-6-5-11(17)9-12(13)18-14(20)7-8-16/h5-6,9H,7-8,10H2,1-4H3. The number of benzene rings is 1. The lowest BCUT2D eigenvalue weighted by atomic mass is 10.0. The SMILES string of the molecule is CN(C)C(C)(C)Cn1c(CCCl)nc2cc(I)ccc21. The van der Waals surface area contributed by atoms with Gasteiger partial charge in [-0.2, -0.15) is 0 Å². The van der Waals surface area contributed by atoms with Gasteiger partial charge in [-0.25, -0.2) is 4.98 Å². The van der Waals surface area contributed by atoms with Crippen molar-refractivity contribution in [2.45, 2.75) is 32.4 Å². The van der Waals surface area contributed by atoms with E-state index in [0.29, 0.717) is 5.88 Å². The van der Waals surface area contributed by atoms with E-state index >= 15 is 0 Å². The van der Waals surface area contributed by atoms with E-state index in [0.717, 1.165) is 24.3 Å². The van der Waals surface area contributed by atoms with Gasteiger partial charge in [0.2, 0.25) is 0 Å². The van der Waals surface area contributed by atoms with Crippen LogP contribution in [0.2, 0.25) is 0 Å². The number of rotatable bonds is 5. The number of fused-ring (bicyclic) bond motifs is 1. The molecule has 2 aromatic rings. The molecule has 1 heterocycles. The summed E-state index contributed by atoms with van der Waals surface area (Å²) in [4.78, 5) is 7.01. The summed E-state index contributed by atoms with van der Waals surface area (Å²) < 4.78 is 3.53. The van der Waals surface area contributed by atoms with Crippen molar-refractivity contribution in [3.05, 3.63) is 27.6 Å². The molecule has 3 nitrogen and oxygen atoms in total. The molecule has 0 aliphatic heterocycles. The molecule has 0 aliphatic carbocycles.